The molecule has 2 saturated carbocycles. The van der Waals surface area contributed by atoms with E-state index in [-0.39, 0.29) is 23.0 Å². The summed E-state index contributed by atoms with van der Waals surface area (Å²) >= 11 is 5.83. The van der Waals surface area contributed by atoms with Crippen LogP contribution in [0.15, 0.2) is 24.3 Å². The topological polar surface area (TPSA) is 38.3 Å². The third-order valence-corrected chi connectivity index (χ3v) is 6.31. The molecule has 0 aromatic heterocycles. The summed E-state index contributed by atoms with van der Waals surface area (Å²) in [5.74, 6) is 0.663. The number of carbonyl (C=O) groups excluding carboxylic acids is 1. The Morgan fingerprint density at radius 1 is 1.29 bits per heavy atom. The molecule has 1 aromatic carbocycles. The molecule has 1 N–H and O–H groups in total. The molecule has 0 unspecified atom stereocenters. The van der Waals surface area contributed by atoms with Gasteiger partial charge in [0.15, 0.2) is 0 Å². The molecule has 2 aliphatic carbocycles. The average Bonchev–Trinajstić information content (AvgIpc) is 2.74. The molecule has 0 heterocycles. The van der Waals surface area contributed by atoms with Crippen LogP contribution in [0.3, 0.4) is 0 Å². The highest BCUT2D eigenvalue weighted by Crippen LogP contribution is 2.66. The van der Waals surface area contributed by atoms with Crippen molar-refractivity contribution < 1.29 is 9.53 Å². The number of hydrogen-bond donors (Lipinski definition) is 1. The van der Waals surface area contributed by atoms with Crippen molar-refractivity contribution in [2.45, 2.75) is 46.1 Å². The highest BCUT2D eigenvalue weighted by Gasteiger charge is 2.62. The second-order valence-electron chi connectivity index (χ2n) is 7.14. The lowest BCUT2D eigenvalue weighted by Gasteiger charge is -2.38. The van der Waals surface area contributed by atoms with Gasteiger partial charge in [-0.25, -0.2) is 4.79 Å². The number of halogens is 1. The van der Waals surface area contributed by atoms with Gasteiger partial charge in [-0.05, 0) is 54.9 Å². The minimum Gasteiger partial charge on any atom is -0.445 e. The smallest absolute Gasteiger partial charge is 0.411 e. The second-order valence-corrected chi connectivity index (χ2v) is 7.57. The summed E-state index contributed by atoms with van der Waals surface area (Å²) in [5.41, 5.74) is 1.05. The van der Waals surface area contributed by atoms with Crippen molar-refractivity contribution in [3.63, 3.8) is 0 Å². The molecule has 2 fully saturated rings. The van der Waals surface area contributed by atoms with Gasteiger partial charge in [0.25, 0.3) is 0 Å². The van der Waals surface area contributed by atoms with E-state index in [1.54, 1.807) is 24.3 Å². The number of anilines is 1. The maximum absolute atomic E-state index is 12.1. The number of ether oxygens (including phenoxy) is 1. The zero-order valence-corrected chi connectivity index (χ0v) is 13.5. The Hall–Kier alpha value is -1.22. The quantitative estimate of drug-likeness (QED) is 0.825. The molecule has 114 valence electrons. The molecule has 2 bridgehead atoms. The van der Waals surface area contributed by atoms with Gasteiger partial charge >= 0.3 is 6.09 Å². The maximum Gasteiger partial charge on any atom is 0.411 e. The molecule has 21 heavy (non-hydrogen) atoms. The van der Waals surface area contributed by atoms with E-state index in [0.29, 0.717) is 16.6 Å². The van der Waals surface area contributed by atoms with Crippen LogP contribution in [0.5, 0.6) is 0 Å². The van der Waals surface area contributed by atoms with Crippen LogP contribution >= 0.6 is 11.6 Å². The van der Waals surface area contributed by atoms with Crippen molar-refractivity contribution in [1.29, 1.82) is 0 Å². The highest BCUT2D eigenvalue weighted by molar-refractivity contribution is 6.30. The molecule has 2 aliphatic rings. The van der Waals surface area contributed by atoms with Crippen LogP contribution in [0.25, 0.3) is 0 Å². The van der Waals surface area contributed by atoms with Crippen LogP contribution in [0, 0.1) is 16.7 Å². The third-order valence-electron chi connectivity index (χ3n) is 6.05. The van der Waals surface area contributed by atoms with Gasteiger partial charge < -0.3 is 4.74 Å². The van der Waals surface area contributed by atoms with E-state index in [4.69, 9.17) is 16.3 Å². The Labute approximate surface area is 131 Å². The van der Waals surface area contributed by atoms with Gasteiger partial charge in [0.05, 0.1) is 0 Å². The average molecular weight is 308 g/mol. The second kappa shape index (κ2) is 4.91. The van der Waals surface area contributed by atoms with Gasteiger partial charge in [-0.3, -0.25) is 5.32 Å². The lowest BCUT2D eigenvalue weighted by molar-refractivity contribution is 0.00148. The predicted molar refractivity (Wildman–Crippen MR) is 84.6 cm³/mol. The standard InChI is InChI=1S/C17H22ClNO2/c1-16(2)11-8-9-17(16,3)14(10-11)21-15(20)19-13-6-4-12(18)5-7-13/h4-7,11,14H,8-10H2,1-3H3,(H,19,20)/t11-,14+,17+/m0/s1. The number of benzene rings is 1. The first-order valence-electron chi connectivity index (χ1n) is 7.56. The summed E-state index contributed by atoms with van der Waals surface area (Å²) in [6, 6.07) is 7.05. The molecular weight excluding hydrogens is 286 g/mol. The van der Waals surface area contributed by atoms with Gasteiger partial charge in [0.2, 0.25) is 0 Å². The number of carbonyl (C=O) groups is 1. The minimum atomic E-state index is -0.369. The summed E-state index contributed by atoms with van der Waals surface area (Å²) in [7, 11) is 0. The van der Waals surface area contributed by atoms with E-state index in [2.05, 4.69) is 26.1 Å². The van der Waals surface area contributed by atoms with Crippen molar-refractivity contribution >= 4 is 23.4 Å². The Balaban J connectivity index is 1.65. The summed E-state index contributed by atoms with van der Waals surface area (Å²) in [4.78, 5) is 12.1. The van der Waals surface area contributed by atoms with Crippen LogP contribution in [0.2, 0.25) is 5.02 Å². The number of nitrogens with one attached hydrogen (secondary N) is 1. The van der Waals surface area contributed by atoms with E-state index in [0.717, 1.165) is 12.8 Å². The predicted octanol–water partition coefficient (Wildman–Crippen LogP) is 5.10. The molecule has 0 spiro atoms. The maximum atomic E-state index is 12.1. The Kier molecular flexibility index (Phi) is 3.44. The molecule has 1 aromatic rings. The Bertz CT molecular complexity index is 554. The zero-order valence-electron chi connectivity index (χ0n) is 12.8. The summed E-state index contributed by atoms with van der Waals surface area (Å²) in [6.45, 7) is 6.89. The van der Waals surface area contributed by atoms with Crippen LogP contribution in [0.1, 0.15) is 40.0 Å². The zero-order chi connectivity index (χ0) is 15.3. The van der Waals surface area contributed by atoms with E-state index >= 15 is 0 Å². The first kappa shape index (κ1) is 14.7. The molecule has 0 saturated heterocycles. The van der Waals surface area contributed by atoms with Crippen molar-refractivity contribution in [1.82, 2.24) is 0 Å². The van der Waals surface area contributed by atoms with E-state index in [1.807, 2.05) is 0 Å². The highest BCUT2D eigenvalue weighted by atomic mass is 35.5. The fourth-order valence-electron chi connectivity index (χ4n) is 4.12. The Morgan fingerprint density at radius 3 is 2.48 bits per heavy atom. The van der Waals surface area contributed by atoms with E-state index < -0.39 is 0 Å². The SMILES string of the molecule is CC1(C)[C@H]2CC[C@]1(C)[C@H](OC(=O)Nc1ccc(Cl)cc1)C2. The fourth-order valence-corrected chi connectivity index (χ4v) is 4.24. The lowest BCUT2D eigenvalue weighted by atomic mass is 9.70. The van der Waals surface area contributed by atoms with Crippen molar-refractivity contribution in [2.24, 2.45) is 16.7 Å². The van der Waals surface area contributed by atoms with Crippen LogP contribution in [0.4, 0.5) is 10.5 Å². The van der Waals surface area contributed by atoms with Gasteiger partial charge in [0.1, 0.15) is 6.10 Å². The van der Waals surface area contributed by atoms with Crippen molar-refractivity contribution in [3.05, 3.63) is 29.3 Å². The van der Waals surface area contributed by atoms with E-state index in [1.165, 1.54) is 6.42 Å². The molecule has 1 amide bonds. The monoisotopic (exact) mass is 307 g/mol. The lowest BCUT2D eigenvalue weighted by Crippen LogP contribution is -2.39. The van der Waals surface area contributed by atoms with Crippen molar-refractivity contribution in [3.8, 4) is 0 Å². The first-order chi connectivity index (χ1) is 9.83. The summed E-state index contributed by atoms with van der Waals surface area (Å²) in [5, 5.41) is 3.43. The Morgan fingerprint density at radius 2 is 1.95 bits per heavy atom. The van der Waals surface area contributed by atoms with Crippen LogP contribution in [-0.4, -0.2) is 12.2 Å². The molecule has 0 radical (unpaired) electrons. The normalized spacial score (nSPS) is 33.0. The first-order valence-corrected chi connectivity index (χ1v) is 7.94. The number of hydrogen-bond acceptors (Lipinski definition) is 2. The number of amides is 1. The van der Waals surface area contributed by atoms with Gasteiger partial charge in [-0.2, -0.15) is 0 Å². The van der Waals surface area contributed by atoms with Gasteiger partial charge in [0, 0.05) is 16.1 Å². The summed E-state index contributed by atoms with van der Waals surface area (Å²) in [6.07, 6.45) is 3.02. The molecule has 3 rings (SSSR count). The molecule has 3 nitrogen and oxygen atoms in total. The number of rotatable bonds is 2. The molecule has 4 heteroatoms. The van der Waals surface area contributed by atoms with Crippen molar-refractivity contribution in [2.75, 3.05) is 5.32 Å². The molecular formula is C17H22ClNO2. The minimum absolute atomic E-state index is 0.0125. The number of fused-ring (bicyclic) bond motifs is 2. The van der Waals surface area contributed by atoms with E-state index in [9.17, 15) is 4.79 Å². The summed E-state index contributed by atoms with van der Waals surface area (Å²) < 4.78 is 5.74. The van der Waals surface area contributed by atoms with Crippen LogP contribution in [-0.2, 0) is 4.74 Å². The van der Waals surface area contributed by atoms with Crippen LogP contribution < -0.4 is 5.32 Å². The van der Waals surface area contributed by atoms with Gasteiger partial charge in [-0.1, -0.05) is 32.4 Å². The van der Waals surface area contributed by atoms with Gasteiger partial charge in [-0.15, -0.1) is 0 Å². The largest absolute Gasteiger partial charge is 0.445 e. The fraction of sp³-hybridized carbons (Fsp3) is 0.588. The third kappa shape index (κ3) is 2.32. The molecule has 3 atom stereocenters. The molecule has 0 aliphatic heterocycles.